The molecule has 0 aliphatic heterocycles. The highest BCUT2D eigenvalue weighted by Gasteiger charge is 1.56. The minimum atomic E-state index is 1.65. The average molecular weight is 152 g/mol. The highest BCUT2D eigenvalue weighted by atomic mass is 13.6. The Labute approximate surface area is 74.1 Å². The summed E-state index contributed by atoms with van der Waals surface area (Å²) in [5.74, 6) is 21.2. The van der Waals surface area contributed by atoms with Crippen LogP contribution in [0.3, 0.4) is 0 Å². The van der Waals surface area contributed by atoms with Crippen LogP contribution >= 0.6 is 0 Å². The van der Waals surface area contributed by atoms with E-state index in [0.717, 1.165) is 0 Å². The van der Waals surface area contributed by atoms with E-state index in [2.05, 4.69) is 47.4 Å². The lowest BCUT2D eigenvalue weighted by Crippen LogP contribution is -1.52. The van der Waals surface area contributed by atoms with Gasteiger partial charge in [-0.25, -0.2) is 0 Å². The Bertz CT molecular complexity index is 338. The number of hydrogen-bond acceptors (Lipinski definition) is 0. The van der Waals surface area contributed by atoms with E-state index in [1.54, 1.807) is 26.0 Å². The van der Waals surface area contributed by atoms with Crippen LogP contribution in [0.2, 0.25) is 0 Å². The maximum absolute atomic E-state index is 2.71. The van der Waals surface area contributed by atoms with Gasteiger partial charge in [0.05, 0.1) is 0 Å². The van der Waals surface area contributed by atoms with Gasteiger partial charge in [-0.05, 0) is 49.7 Å². The molecule has 12 heavy (non-hydrogen) atoms. The van der Waals surface area contributed by atoms with Crippen molar-refractivity contribution < 1.29 is 0 Å². The van der Waals surface area contributed by atoms with Crippen LogP contribution in [0.5, 0.6) is 0 Å². The molecule has 0 amide bonds. The van der Waals surface area contributed by atoms with Crippen molar-refractivity contribution in [2.45, 2.75) is 13.8 Å². The average Bonchev–Trinajstić information content (AvgIpc) is 2.10. The molecular formula is C12H8. The Balaban J connectivity index is 3.93. The van der Waals surface area contributed by atoms with E-state index in [-0.39, 0.29) is 0 Å². The van der Waals surface area contributed by atoms with Gasteiger partial charge in [-0.15, -0.1) is 0 Å². The van der Waals surface area contributed by atoms with Gasteiger partial charge in [-0.3, -0.25) is 0 Å². The molecule has 0 N–H and O–H groups in total. The Morgan fingerprint density at radius 3 is 1.42 bits per heavy atom. The summed E-state index contributed by atoms with van der Waals surface area (Å²) < 4.78 is 0. The highest BCUT2D eigenvalue weighted by molar-refractivity contribution is 5.35. The molecule has 0 atom stereocenters. The van der Waals surface area contributed by atoms with Crippen molar-refractivity contribution >= 4 is 0 Å². The second-order valence-corrected chi connectivity index (χ2v) is 1.62. The lowest BCUT2D eigenvalue weighted by molar-refractivity contribution is 1.92. The third-order valence-electron chi connectivity index (χ3n) is 0.769. The second kappa shape index (κ2) is 8.98. The highest BCUT2D eigenvalue weighted by Crippen LogP contribution is 1.66. The van der Waals surface area contributed by atoms with E-state index in [4.69, 9.17) is 0 Å². The van der Waals surface area contributed by atoms with Gasteiger partial charge < -0.3 is 0 Å². The zero-order valence-corrected chi connectivity index (χ0v) is 7.15. The topological polar surface area (TPSA) is 0 Å². The fourth-order valence-electron chi connectivity index (χ4n) is 0.364. The maximum atomic E-state index is 2.71. The minimum absolute atomic E-state index is 1.65. The summed E-state index contributed by atoms with van der Waals surface area (Å²) in [4.78, 5) is 0. The molecule has 0 aromatic heterocycles. The summed E-state index contributed by atoms with van der Waals surface area (Å²) in [6.07, 6.45) is 3.30. The van der Waals surface area contributed by atoms with Gasteiger partial charge in [0.15, 0.2) is 0 Å². The monoisotopic (exact) mass is 152 g/mol. The van der Waals surface area contributed by atoms with Crippen molar-refractivity contribution in [2.75, 3.05) is 0 Å². The first-order valence-corrected chi connectivity index (χ1v) is 3.41. The third-order valence-corrected chi connectivity index (χ3v) is 0.769. The lowest BCUT2D eigenvalue weighted by atomic mass is 10.4. The van der Waals surface area contributed by atoms with Crippen molar-refractivity contribution in [3.05, 3.63) is 12.2 Å². The second-order valence-electron chi connectivity index (χ2n) is 1.62. The first-order chi connectivity index (χ1) is 5.91. The van der Waals surface area contributed by atoms with E-state index in [1.807, 2.05) is 0 Å². The maximum Gasteiger partial charge on any atom is -0.00168 e. The molecule has 0 aromatic rings. The standard InChI is InChI=1S/C12H8/c1-3-5-7-9-11-12-10-8-6-4-2/h11-12H,1-2H3/b12-11-. The molecule has 0 fully saturated rings. The van der Waals surface area contributed by atoms with Crippen LogP contribution < -0.4 is 0 Å². The van der Waals surface area contributed by atoms with Crippen molar-refractivity contribution in [1.29, 1.82) is 0 Å². The van der Waals surface area contributed by atoms with E-state index >= 15 is 0 Å². The molecule has 56 valence electrons. The van der Waals surface area contributed by atoms with Gasteiger partial charge in [0.2, 0.25) is 0 Å². The molecule has 0 heteroatoms. The molecule has 0 aliphatic rings. The molecular weight excluding hydrogens is 144 g/mol. The minimum Gasteiger partial charge on any atom is -0.0925 e. The van der Waals surface area contributed by atoms with Crippen LogP contribution in [0.15, 0.2) is 12.2 Å². The van der Waals surface area contributed by atoms with Gasteiger partial charge in [-0.2, -0.15) is 0 Å². The van der Waals surface area contributed by atoms with Crippen molar-refractivity contribution in [2.24, 2.45) is 0 Å². The molecule has 0 saturated heterocycles. The van der Waals surface area contributed by atoms with Gasteiger partial charge in [-0.1, -0.05) is 23.7 Å². The number of hydrogen-bond donors (Lipinski definition) is 0. The van der Waals surface area contributed by atoms with Gasteiger partial charge in [0.1, 0.15) is 0 Å². The molecule has 0 bridgehead atoms. The largest absolute Gasteiger partial charge is 0.0925 e. The quantitative estimate of drug-likeness (QED) is 0.462. The van der Waals surface area contributed by atoms with Crippen molar-refractivity contribution in [3.8, 4) is 47.4 Å². The van der Waals surface area contributed by atoms with Gasteiger partial charge >= 0.3 is 0 Å². The lowest BCUT2D eigenvalue weighted by Gasteiger charge is -1.61. The first-order valence-electron chi connectivity index (χ1n) is 3.41. The smallest absolute Gasteiger partial charge is 0.00168 e. The van der Waals surface area contributed by atoms with E-state index in [1.165, 1.54) is 0 Å². The summed E-state index contributed by atoms with van der Waals surface area (Å²) in [5.41, 5.74) is 0. The predicted molar refractivity (Wildman–Crippen MR) is 51.6 cm³/mol. The van der Waals surface area contributed by atoms with Crippen LogP contribution in [0.25, 0.3) is 0 Å². The molecule has 0 aliphatic carbocycles. The molecule has 0 unspecified atom stereocenters. The summed E-state index contributed by atoms with van der Waals surface area (Å²) in [6.45, 7) is 3.49. The fourth-order valence-corrected chi connectivity index (χ4v) is 0.364. The Morgan fingerprint density at radius 1 is 0.667 bits per heavy atom. The zero-order valence-electron chi connectivity index (χ0n) is 7.15. The number of allylic oxidation sites excluding steroid dienone is 2. The van der Waals surface area contributed by atoms with Crippen LogP contribution in [-0.4, -0.2) is 0 Å². The molecule has 0 spiro atoms. The molecule has 0 nitrogen and oxygen atoms in total. The Hall–Kier alpha value is -2.02. The van der Waals surface area contributed by atoms with Crippen molar-refractivity contribution in [3.63, 3.8) is 0 Å². The molecule has 0 saturated carbocycles. The molecule has 0 rings (SSSR count). The normalized spacial score (nSPS) is 5.83. The number of rotatable bonds is 0. The summed E-state index contributed by atoms with van der Waals surface area (Å²) in [6, 6.07) is 0. The van der Waals surface area contributed by atoms with E-state index < -0.39 is 0 Å². The summed E-state index contributed by atoms with van der Waals surface area (Å²) >= 11 is 0. The Morgan fingerprint density at radius 2 is 1.08 bits per heavy atom. The van der Waals surface area contributed by atoms with E-state index in [0.29, 0.717) is 0 Å². The van der Waals surface area contributed by atoms with E-state index in [9.17, 15) is 0 Å². The van der Waals surface area contributed by atoms with Crippen LogP contribution in [-0.2, 0) is 0 Å². The predicted octanol–water partition coefficient (Wildman–Crippen LogP) is 1.60. The van der Waals surface area contributed by atoms with Gasteiger partial charge in [0.25, 0.3) is 0 Å². The van der Waals surface area contributed by atoms with Crippen LogP contribution in [0, 0.1) is 47.4 Å². The van der Waals surface area contributed by atoms with Gasteiger partial charge in [0, 0.05) is 0 Å². The fraction of sp³-hybridized carbons (Fsp3) is 0.167. The summed E-state index contributed by atoms with van der Waals surface area (Å²) in [5, 5.41) is 0. The SMILES string of the molecule is CC#CC#C/C=C\C#CC#CC. The zero-order chi connectivity index (χ0) is 9.07. The van der Waals surface area contributed by atoms with Crippen LogP contribution in [0.1, 0.15) is 13.8 Å². The molecule has 0 aromatic carbocycles. The third kappa shape index (κ3) is 7.98. The summed E-state index contributed by atoms with van der Waals surface area (Å²) in [7, 11) is 0. The molecule has 0 radical (unpaired) electrons. The van der Waals surface area contributed by atoms with Crippen LogP contribution in [0.4, 0.5) is 0 Å². The first kappa shape index (κ1) is 9.98. The van der Waals surface area contributed by atoms with Crippen molar-refractivity contribution in [1.82, 2.24) is 0 Å². The Kier molecular flexibility index (Phi) is 7.47. The molecule has 0 heterocycles.